The van der Waals surface area contributed by atoms with Gasteiger partial charge in [0.1, 0.15) is 5.75 Å². The summed E-state index contributed by atoms with van der Waals surface area (Å²) in [5, 5.41) is 5.91. The first-order valence-corrected chi connectivity index (χ1v) is 7.29. The second-order valence-electron chi connectivity index (χ2n) is 4.27. The number of ether oxygens (including phenoxy) is 1. The number of hydrogen-bond donors (Lipinski definition) is 2. The summed E-state index contributed by atoms with van der Waals surface area (Å²) < 4.78 is 6.56. The predicted molar refractivity (Wildman–Crippen MR) is 80.3 cm³/mol. The van der Waals surface area contributed by atoms with Crippen LogP contribution in [0.4, 0.5) is 0 Å². The van der Waals surface area contributed by atoms with Gasteiger partial charge in [0, 0.05) is 23.1 Å². The molecule has 0 aromatic heterocycles. The molecular weight excluding hydrogens is 308 g/mol. The van der Waals surface area contributed by atoms with E-state index in [1.807, 2.05) is 25.2 Å². The third-order valence-electron chi connectivity index (χ3n) is 2.60. The maximum Gasteiger partial charge on any atom is 0.257 e. The smallest absolute Gasteiger partial charge is 0.257 e. The molecule has 1 aromatic rings. The van der Waals surface area contributed by atoms with Gasteiger partial charge in [-0.05, 0) is 31.7 Å². The van der Waals surface area contributed by atoms with Gasteiger partial charge in [0.2, 0.25) is 0 Å². The standard InChI is InChI=1S/C14H21BrN2O2/c1-3-4-7-17-14(18)10-19-13-6-5-12(15)8-11(13)9-16-2/h5-6,8,16H,3-4,7,9-10H2,1-2H3,(H,17,18). The van der Waals surface area contributed by atoms with Crippen molar-refractivity contribution >= 4 is 21.8 Å². The van der Waals surface area contributed by atoms with Crippen LogP contribution in [0.3, 0.4) is 0 Å². The topological polar surface area (TPSA) is 50.4 Å². The molecule has 1 rings (SSSR count). The van der Waals surface area contributed by atoms with E-state index < -0.39 is 0 Å². The van der Waals surface area contributed by atoms with Crippen LogP contribution in [-0.2, 0) is 11.3 Å². The molecule has 0 aliphatic carbocycles. The zero-order valence-corrected chi connectivity index (χ0v) is 13.0. The van der Waals surface area contributed by atoms with Gasteiger partial charge in [0.15, 0.2) is 6.61 Å². The van der Waals surface area contributed by atoms with Crippen LogP contribution in [0.25, 0.3) is 0 Å². The van der Waals surface area contributed by atoms with Crippen molar-refractivity contribution in [1.29, 1.82) is 0 Å². The van der Waals surface area contributed by atoms with E-state index in [0.29, 0.717) is 13.1 Å². The summed E-state index contributed by atoms with van der Waals surface area (Å²) in [5.74, 6) is 0.662. The number of rotatable bonds is 8. The normalized spacial score (nSPS) is 10.3. The van der Waals surface area contributed by atoms with E-state index in [9.17, 15) is 4.79 Å². The molecule has 4 nitrogen and oxygen atoms in total. The molecule has 0 saturated carbocycles. The van der Waals surface area contributed by atoms with Crippen molar-refractivity contribution in [1.82, 2.24) is 10.6 Å². The second kappa shape index (κ2) is 8.93. The van der Waals surface area contributed by atoms with Gasteiger partial charge < -0.3 is 15.4 Å². The van der Waals surface area contributed by atoms with Crippen LogP contribution in [-0.4, -0.2) is 26.1 Å². The van der Waals surface area contributed by atoms with E-state index in [0.717, 1.165) is 28.6 Å². The Morgan fingerprint density at radius 3 is 2.89 bits per heavy atom. The van der Waals surface area contributed by atoms with Gasteiger partial charge in [0.25, 0.3) is 5.91 Å². The van der Waals surface area contributed by atoms with Gasteiger partial charge in [-0.2, -0.15) is 0 Å². The quantitative estimate of drug-likeness (QED) is 0.721. The molecule has 0 heterocycles. The molecule has 0 fully saturated rings. The maximum atomic E-state index is 11.6. The Kier molecular flexibility index (Phi) is 7.52. The maximum absolute atomic E-state index is 11.6. The Bertz CT molecular complexity index is 410. The van der Waals surface area contributed by atoms with Crippen LogP contribution in [0.15, 0.2) is 22.7 Å². The van der Waals surface area contributed by atoms with Crippen LogP contribution >= 0.6 is 15.9 Å². The summed E-state index contributed by atoms with van der Waals surface area (Å²) in [4.78, 5) is 11.6. The highest BCUT2D eigenvalue weighted by Gasteiger charge is 2.07. The number of unbranched alkanes of at least 4 members (excludes halogenated alkanes) is 1. The molecule has 0 bridgehead atoms. The zero-order valence-electron chi connectivity index (χ0n) is 11.5. The Morgan fingerprint density at radius 2 is 2.21 bits per heavy atom. The van der Waals surface area contributed by atoms with Crippen molar-refractivity contribution in [2.24, 2.45) is 0 Å². The van der Waals surface area contributed by atoms with E-state index in [1.54, 1.807) is 0 Å². The first kappa shape index (κ1) is 16.0. The average Bonchev–Trinajstić information content (AvgIpc) is 2.38. The number of carbonyl (C=O) groups is 1. The van der Waals surface area contributed by atoms with E-state index in [2.05, 4.69) is 33.5 Å². The van der Waals surface area contributed by atoms with Crippen LogP contribution in [0.5, 0.6) is 5.75 Å². The molecule has 0 aliphatic rings. The highest BCUT2D eigenvalue weighted by Crippen LogP contribution is 2.23. The third-order valence-corrected chi connectivity index (χ3v) is 3.09. The van der Waals surface area contributed by atoms with E-state index in [4.69, 9.17) is 4.74 Å². The molecule has 0 spiro atoms. The lowest BCUT2D eigenvalue weighted by molar-refractivity contribution is -0.123. The zero-order chi connectivity index (χ0) is 14.1. The molecule has 1 amide bonds. The summed E-state index contributed by atoms with van der Waals surface area (Å²) in [7, 11) is 1.88. The van der Waals surface area contributed by atoms with Crippen molar-refractivity contribution in [2.75, 3.05) is 20.2 Å². The lowest BCUT2D eigenvalue weighted by Crippen LogP contribution is -2.29. The second-order valence-corrected chi connectivity index (χ2v) is 5.19. The lowest BCUT2D eigenvalue weighted by atomic mass is 10.2. The van der Waals surface area contributed by atoms with Crippen LogP contribution in [0, 0.1) is 0 Å². The van der Waals surface area contributed by atoms with E-state index in [1.165, 1.54) is 0 Å². The van der Waals surface area contributed by atoms with Crippen molar-refractivity contribution in [3.63, 3.8) is 0 Å². The molecule has 0 aliphatic heterocycles. The Labute approximate surface area is 123 Å². The minimum absolute atomic E-state index is 0.0576. The third kappa shape index (κ3) is 6.07. The van der Waals surface area contributed by atoms with Crippen LogP contribution in [0.2, 0.25) is 0 Å². The van der Waals surface area contributed by atoms with Crippen LogP contribution in [0.1, 0.15) is 25.3 Å². The molecule has 0 atom stereocenters. The molecule has 5 heteroatoms. The van der Waals surface area contributed by atoms with Gasteiger partial charge in [-0.25, -0.2) is 0 Å². The van der Waals surface area contributed by atoms with Gasteiger partial charge in [-0.1, -0.05) is 29.3 Å². The van der Waals surface area contributed by atoms with Gasteiger partial charge in [0.05, 0.1) is 0 Å². The fourth-order valence-electron chi connectivity index (χ4n) is 1.62. The monoisotopic (exact) mass is 328 g/mol. The highest BCUT2D eigenvalue weighted by atomic mass is 79.9. The number of halogens is 1. The fourth-order valence-corrected chi connectivity index (χ4v) is 2.02. The van der Waals surface area contributed by atoms with E-state index >= 15 is 0 Å². The first-order chi connectivity index (χ1) is 9.17. The molecule has 0 saturated heterocycles. The van der Waals surface area contributed by atoms with E-state index in [-0.39, 0.29) is 12.5 Å². The average molecular weight is 329 g/mol. The minimum atomic E-state index is -0.0771. The summed E-state index contributed by atoms with van der Waals surface area (Å²) in [6.45, 7) is 3.56. The predicted octanol–water partition coefficient (Wildman–Crippen LogP) is 2.46. The van der Waals surface area contributed by atoms with Gasteiger partial charge >= 0.3 is 0 Å². The molecule has 106 valence electrons. The largest absolute Gasteiger partial charge is 0.483 e. The molecule has 1 aromatic carbocycles. The molecule has 0 unspecified atom stereocenters. The van der Waals surface area contributed by atoms with Crippen LogP contribution < -0.4 is 15.4 Å². The number of nitrogens with one attached hydrogen (secondary N) is 2. The van der Waals surface area contributed by atoms with Crippen molar-refractivity contribution in [2.45, 2.75) is 26.3 Å². The van der Waals surface area contributed by atoms with Crippen molar-refractivity contribution in [3.8, 4) is 5.75 Å². The first-order valence-electron chi connectivity index (χ1n) is 6.50. The van der Waals surface area contributed by atoms with Gasteiger partial charge in [-0.3, -0.25) is 4.79 Å². The summed E-state index contributed by atoms with van der Waals surface area (Å²) in [5.41, 5.74) is 1.03. The number of benzene rings is 1. The lowest BCUT2D eigenvalue weighted by Gasteiger charge is -2.12. The Hall–Kier alpha value is -1.07. The number of carbonyl (C=O) groups excluding carboxylic acids is 1. The van der Waals surface area contributed by atoms with Crippen molar-refractivity contribution < 1.29 is 9.53 Å². The fraction of sp³-hybridized carbons (Fsp3) is 0.500. The summed E-state index contributed by atoms with van der Waals surface area (Å²) in [6.07, 6.45) is 2.06. The highest BCUT2D eigenvalue weighted by molar-refractivity contribution is 9.10. The molecule has 0 radical (unpaired) electrons. The molecule has 2 N–H and O–H groups in total. The summed E-state index contributed by atoms with van der Waals surface area (Å²) >= 11 is 3.43. The number of amides is 1. The minimum Gasteiger partial charge on any atom is -0.483 e. The number of hydrogen-bond acceptors (Lipinski definition) is 3. The molecular formula is C14H21BrN2O2. The Balaban J connectivity index is 2.50. The summed E-state index contributed by atoms with van der Waals surface area (Å²) in [6, 6.07) is 5.76. The van der Waals surface area contributed by atoms with Gasteiger partial charge in [-0.15, -0.1) is 0 Å². The SMILES string of the molecule is CCCCNC(=O)COc1ccc(Br)cc1CNC. The van der Waals surface area contributed by atoms with Crippen molar-refractivity contribution in [3.05, 3.63) is 28.2 Å². The molecule has 19 heavy (non-hydrogen) atoms. The Morgan fingerprint density at radius 1 is 1.42 bits per heavy atom.